The summed E-state index contributed by atoms with van der Waals surface area (Å²) in [6.07, 6.45) is -2.13. The lowest BCUT2D eigenvalue weighted by molar-refractivity contribution is -0.144. The summed E-state index contributed by atoms with van der Waals surface area (Å²) in [5.41, 5.74) is -0.688. The van der Waals surface area contributed by atoms with Gasteiger partial charge in [0.1, 0.15) is 22.8 Å². The van der Waals surface area contributed by atoms with Crippen molar-refractivity contribution in [3.05, 3.63) is 51.9 Å². The van der Waals surface area contributed by atoms with Crippen LogP contribution in [0.5, 0.6) is 0 Å². The zero-order chi connectivity index (χ0) is 23.1. The molecule has 0 spiro atoms. The van der Waals surface area contributed by atoms with Crippen LogP contribution in [0.15, 0.2) is 23.0 Å². The van der Waals surface area contributed by atoms with Crippen LogP contribution in [0.1, 0.15) is 53.1 Å². The van der Waals surface area contributed by atoms with E-state index in [0.29, 0.717) is 11.5 Å². The van der Waals surface area contributed by atoms with Crippen LogP contribution in [-0.4, -0.2) is 37.5 Å². The van der Waals surface area contributed by atoms with Gasteiger partial charge in [-0.2, -0.15) is 13.2 Å². The Kier molecular flexibility index (Phi) is 6.13. The molecule has 7 nitrogen and oxygen atoms in total. The first-order valence-corrected chi connectivity index (χ1v) is 9.77. The minimum Gasteiger partial charge on any atom is -0.361 e. The standard InChI is InChI=1S/C20H21ClF3N5O2/c1-10(2)29-16(19(30)28(5)9-14-6-11(3)31-27-14)15(12(4)17(29)20(22,23)24)18-25-7-13(21)8-26-18/h6-8,10H,9H2,1-5H3. The Labute approximate surface area is 181 Å². The first-order chi connectivity index (χ1) is 14.4. The van der Waals surface area contributed by atoms with Gasteiger partial charge in [0.15, 0.2) is 5.82 Å². The third-order valence-corrected chi connectivity index (χ3v) is 4.90. The average molecular weight is 456 g/mol. The van der Waals surface area contributed by atoms with E-state index >= 15 is 0 Å². The number of nitrogens with zero attached hydrogens (tertiary/aromatic N) is 5. The van der Waals surface area contributed by atoms with E-state index in [4.69, 9.17) is 16.1 Å². The van der Waals surface area contributed by atoms with Crippen LogP contribution in [0.3, 0.4) is 0 Å². The largest absolute Gasteiger partial charge is 0.431 e. The van der Waals surface area contributed by atoms with Crippen molar-refractivity contribution in [3.8, 4) is 11.4 Å². The molecular formula is C20H21ClF3N5O2. The Bertz CT molecular complexity index is 1100. The molecule has 0 aliphatic rings. The lowest BCUT2D eigenvalue weighted by atomic mass is 10.1. The first-order valence-electron chi connectivity index (χ1n) is 9.39. The summed E-state index contributed by atoms with van der Waals surface area (Å²) in [5, 5.41) is 4.08. The fourth-order valence-electron chi connectivity index (χ4n) is 3.49. The molecule has 0 unspecified atom stereocenters. The summed E-state index contributed by atoms with van der Waals surface area (Å²) in [6.45, 7) is 6.24. The Morgan fingerprint density at radius 3 is 2.35 bits per heavy atom. The topological polar surface area (TPSA) is 77.1 Å². The van der Waals surface area contributed by atoms with Gasteiger partial charge in [-0.15, -0.1) is 0 Å². The normalized spacial score (nSPS) is 11.9. The van der Waals surface area contributed by atoms with Gasteiger partial charge in [0.25, 0.3) is 5.91 Å². The highest BCUT2D eigenvalue weighted by atomic mass is 35.5. The summed E-state index contributed by atoms with van der Waals surface area (Å²) in [4.78, 5) is 22.9. The summed E-state index contributed by atoms with van der Waals surface area (Å²) >= 11 is 5.84. The van der Waals surface area contributed by atoms with Crippen LogP contribution in [0.25, 0.3) is 11.4 Å². The summed E-state index contributed by atoms with van der Waals surface area (Å²) in [5.74, 6) is -0.0748. The summed E-state index contributed by atoms with van der Waals surface area (Å²) in [7, 11) is 1.49. The Morgan fingerprint density at radius 2 is 1.87 bits per heavy atom. The molecule has 0 aliphatic heterocycles. The second-order valence-electron chi connectivity index (χ2n) is 7.47. The van der Waals surface area contributed by atoms with E-state index in [9.17, 15) is 18.0 Å². The van der Waals surface area contributed by atoms with Gasteiger partial charge in [-0.25, -0.2) is 9.97 Å². The monoisotopic (exact) mass is 455 g/mol. The quantitative estimate of drug-likeness (QED) is 0.536. The number of aryl methyl sites for hydroxylation is 1. The van der Waals surface area contributed by atoms with Crippen molar-refractivity contribution in [2.45, 2.75) is 46.5 Å². The predicted octanol–water partition coefficient (Wildman–Crippen LogP) is 5.08. The third-order valence-electron chi connectivity index (χ3n) is 4.70. The highest BCUT2D eigenvalue weighted by Gasteiger charge is 2.42. The molecule has 166 valence electrons. The Morgan fingerprint density at radius 1 is 1.26 bits per heavy atom. The number of alkyl halides is 3. The summed E-state index contributed by atoms with van der Waals surface area (Å²) < 4.78 is 48.1. The van der Waals surface area contributed by atoms with Gasteiger partial charge in [0, 0.05) is 31.5 Å². The van der Waals surface area contributed by atoms with Gasteiger partial charge in [-0.1, -0.05) is 16.8 Å². The molecule has 0 bridgehead atoms. The number of carbonyl (C=O) groups excluding carboxylic acids is 1. The first kappa shape index (κ1) is 22.8. The molecule has 3 aromatic rings. The van der Waals surface area contributed by atoms with E-state index < -0.39 is 23.8 Å². The second-order valence-corrected chi connectivity index (χ2v) is 7.91. The van der Waals surface area contributed by atoms with E-state index in [1.165, 1.54) is 31.3 Å². The highest BCUT2D eigenvalue weighted by molar-refractivity contribution is 6.30. The molecule has 0 saturated carbocycles. The number of hydrogen-bond acceptors (Lipinski definition) is 5. The molecule has 3 heterocycles. The number of hydrogen-bond donors (Lipinski definition) is 0. The third kappa shape index (κ3) is 4.43. The van der Waals surface area contributed by atoms with Crippen molar-refractivity contribution < 1.29 is 22.5 Å². The van der Waals surface area contributed by atoms with Gasteiger partial charge >= 0.3 is 6.18 Å². The second kappa shape index (κ2) is 8.33. The van der Waals surface area contributed by atoms with Gasteiger partial charge < -0.3 is 14.0 Å². The number of aromatic nitrogens is 4. The summed E-state index contributed by atoms with van der Waals surface area (Å²) in [6, 6.07) is 0.999. The van der Waals surface area contributed by atoms with Crippen molar-refractivity contribution in [2.75, 3.05) is 7.05 Å². The Hall–Kier alpha value is -2.88. The fourth-order valence-corrected chi connectivity index (χ4v) is 3.59. The van der Waals surface area contributed by atoms with E-state index in [-0.39, 0.29) is 34.2 Å². The molecule has 31 heavy (non-hydrogen) atoms. The zero-order valence-electron chi connectivity index (χ0n) is 17.6. The van der Waals surface area contributed by atoms with Crippen molar-refractivity contribution in [1.29, 1.82) is 0 Å². The maximum Gasteiger partial charge on any atom is 0.431 e. The molecule has 11 heteroatoms. The van der Waals surface area contributed by atoms with Crippen LogP contribution in [0.4, 0.5) is 13.2 Å². The van der Waals surface area contributed by atoms with Crippen molar-refractivity contribution >= 4 is 17.5 Å². The molecule has 3 rings (SSSR count). The maximum atomic E-state index is 14.0. The minimum atomic E-state index is -4.68. The molecule has 0 radical (unpaired) electrons. The SMILES string of the molecule is Cc1cc(CN(C)C(=O)c2c(-c3ncc(Cl)cn3)c(C)c(C(F)(F)F)n2C(C)C)no1. The molecule has 0 N–H and O–H groups in total. The van der Waals surface area contributed by atoms with Crippen molar-refractivity contribution in [2.24, 2.45) is 0 Å². The highest BCUT2D eigenvalue weighted by Crippen LogP contribution is 2.42. The van der Waals surface area contributed by atoms with Crippen molar-refractivity contribution in [3.63, 3.8) is 0 Å². The zero-order valence-corrected chi connectivity index (χ0v) is 18.3. The number of amides is 1. The predicted molar refractivity (Wildman–Crippen MR) is 108 cm³/mol. The maximum absolute atomic E-state index is 14.0. The van der Waals surface area contributed by atoms with E-state index in [1.807, 2.05) is 0 Å². The minimum absolute atomic E-state index is 0.0131. The molecule has 0 aliphatic carbocycles. The molecule has 0 atom stereocenters. The molecule has 1 amide bonds. The average Bonchev–Trinajstić information content (AvgIpc) is 3.22. The lowest BCUT2D eigenvalue weighted by Gasteiger charge is -2.22. The number of halogens is 4. The van der Waals surface area contributed by atoms with Crippen LogP contribution >= 0.6 is 11.6 Å². The van der Waals surface area contributed by atoms with Crippen molar-refractivity contribution in [1.82, 2.24) is 24.6 Å². The molecule has 3 aromatic heterocycles. The molecule has 0 aromatic carbocycles. The molecular weight excluding hydrogens is 435 g/mol. The smallest absolute Gasteiger partial charge is 0.361 e. The lowest BCUT2D eigenvalue weighted by Crippen LogP contribution is -2.30. The van der Waals surface area contributed by atoms with Gasteiger partial charge in [-0.3, -0.25) is 4.79 Å². The van der Waals surface area contributed by atoms with Crippen LogP contribution in [0.2, 0.25) is 5.02 Å². The molecule has 0 fully saturated rings. The van der Waals surface area contributed by atoms with Gasteiger partial charge in [0.2, 0.25) is 0 Å². The fraction of sp³-hybridized carbons (Fsp3) is 0.400. The van der Waals surface area contributed by atoms with Gasteiger partial charge in [0.05, 0.1) is 17.1 Å². The van der Waals surface area contributed by atoms with E-state index in [1.54, 1.807) is 26.8 Å². The Balaban J connectivity index is 2.22. The van der Waals surface area contributed by atoms with Crippen LogP contribution < -0.4 is 0 Å². The molecule has 0 saturated heterocycles. The van der Waals surface area contributed by atoms with E-state index in [2.05, 4.69) is 15.1 Å². The van der Waals surface area contributed by atoms with Gasteiger partial charge in [-0.05, 0) is 33.3 Å². The van der Waals surface area contributed by atoms with E-state index in [0.717, 1.165) is 4.57 Å². The number of rotatable bonds is 5. The van der Waals surface area contributed by atoms with Crippen LogP contribution in [0, 0.1) is 13.8 Å². The number of carbonyl (C=O) groups is 1. The van der Waals surface area contributed by atoms with Crippen LogP contribution in [-0.2, 0) is 12.7 Å².